The number of aromatic nitrogens is 1. The summed E-state index contributed by atoms with van der Waals surface area (Å²) in [5.41, 5.74) is 10.8. The molecule has 156 valence electrons. The molecule has 2 unspecified atom stereocenters. The Morgan fingerprint density at radius 3 is 2.62 bits per heavy atom. The first-order valence-corrected chi connectivity index (χ1v) is 10.7. The van der Waals surface area contributed by atoms with Crippen LogP contribution in [-0.2, 0) is 16.1 Å². The molecule has 2 amide bonds. The number of hydrogen-bond acceptors (Lipinski definition) is 6. The fourth-order valence-corrected chi connectivity index (χ4v) is 4.25. The van der Waals surface area contributed by atoms with Crippen LogP contribution < -0.4 is 11.1 Å². The summed E-state index contributed by atoms with van der Waals surface area (Å²) in [6.07, 6.45) is -0.484. The van der Waals surface area contributed by atoms with Crippen molar-refractivity contribution < 1.29 is 14.7 Å². The number of likely N-dealkylation sites (tertiary alicyclic amines) is 1. The molecule has 1 aromatic carbocycles. The second kappa shape index (κ2) is 9.02. The summed E-state index contributed by atoms with van der Waals surface area (Å²) in [7, 11) is 0. The quantitative estimate of drug-likeness (QED) is 0.664. The number of nitrogens with two attached hydrogens (primary N) is 1. The highest BCUT2D eigenvalue weighted by molar-refractivity contribution is 7.13. The lowest BCUT2D eigenvalue weighted by atomic mass is 10.0. The van der Waals surface area contributed by atoms with Crippen molar-refractivity contribution in [3.8, 4) is 10.4 Å². The van der Waals surface area contributed by atoms with E-state index in [2.05, 4.69) is 10.3 Å². The first-order valence-electron chi connectivity index (χ1n) is 9.79. The fraction of sp³-hybridized carbons (Fsp3) is 0.476. The number of rotatable bonds is 6. The van der Waals surface area contributed by atoms with E-state index in [-0.39, 0.29) is 30.7 Å². The largest absolute Gasteiger partial charge is 0.391 e. The van der Waals surface area contributed by atoms with Crippen LogP contribution >= 0.6 is 11.3 Å². The van der Waals surface area contributed by atoms with E-state index in [4.69, 9.17) is 5.73 Å². The van der Waals surface area contributed by atoms with Crippen LogP contribution in [0.2, 0.25) is 0 Å². The lowest BCUT2D eigenvalue weighted by Gasteiger charge is -2.27. The van der Waals surface area contributed by atoms with E-state index in [9.17, 15) is 14.7 Å². The zero-order chi connectivity index (χ0) is 21.1. The van der Waals surface area contributed by atoms with Gasteiger partial charge in [-0.05, 0) is 24.0 Å². The van der Waals surface area contributed by atoms with Gasteiger partial charge in [-0.1, -0.05) is 38.1 Å². The van der Waals surface area contributed by atoms with Crippen LogP contribution in [0, 0.1) is 12.8 Å². The second-order valence-corrected chi connectivity index (χ2v) is 8.70. The van der Waals surface area contributed by atoms with Crippen LogP contribution in [-0.4, -0.2) is 51.5 Å². The molecule has 3 rings (SSSR count). The molecule has 0 bridgehead atoms. The molecule has 0 spiro atoms. The molecular weight excluding hydrogens is 388 g/mol. The van der Waals surface area contributed by atoms with Crippen molar-refractivity contribution in [1.82, 2.24) is 15.2 Å². The molecule has 4 N–H and O–H groups in total. The predicted octanol–water partition coefficient (Wildman–Crippen LogP) is 1.68. The highest BCUT2D eigenvalue weighted by atomic mass is 32.1. The van der Waals surface area contributed by atoms with Crippen LogP contribution in [0.3, 0.4) is 0 Å². The first-order chi connectivity index (χ1) is 13.8. The van der Waals surface area contributed by atoms with Gasteiger partial charge < -0.3 is 21.1 Å². The third-order valence-electron chi connectivity index (χ3n) is 5.30. The van der Waals surface area contributed by atoms with Gasteiger partial charge in [-0.15, -0.1) is 11.3 Å². The molecule has 1 aliphatic heterocycles. The molecule has 1 fully saturated rings. The molecule has 8 heteroatoms. The lowest BCUT2D eigenvalue weighted by Crippen LogP contribution is -2.52. The van der Waals surface area contributed by atoms with Crippen LogP contribution in [0.1, 0.15) is 31.5 Å². The molecule has 1 aromatic heterocycles. The number of nitrogens with one attached hydrogen (secondary N) is 1. The fourth-order valence-electron chi connectivity index (χ4n) is 3.44. The Kier molecular flexibility index (Phi) is 6.66. The number of amides is 2. The molecule has 2 aromatic rings. The SMILES string of the molecule is Cc1ncsc1-c1ccc(CNC(=O)C2CC(O)CN2C(=O)[C@@H](N)C(C)C)cc1. The highest BCUT2D eigenvalue weighted by Gasteiger charge is 2.40. The van der Waals surface area contributed by atoms with Gasteiger partial charge in [0.25, 0.3) is 0 Å². The average Bonchev–Trinajstić information content (AvgIpc) is 3.30. The number of hydrogen-bond donors (Lipinski definition) is 3. The van der Waals surface area contributed by atoms with Crippen LogP contribution in [0.5, 0.6) is 0 Å². The van der Waals surface area contributed by atoms with E-state index in [1.54, 1.807) is 11.3 Å². The van der Waals surface area contributed by atoms with Crippen molar-refractivity contribution in [1.29, 1.82) is 0 Å². The van der Waals surface area contributed by atoms with Crippen LogP contribution in [0.4, 0.5) is 0 Å². The van der Waals surface area contributed by atoms with Crippen molar-refractivity contribution >= 4 is 23.2 Å². The summed E-state index contributed by atoms with van der Waals surface area (Å²) in [5.74, 6) is -0.598. The first kappa shape index (κ1) is 21.4. The Bertz CT molecular complexity index is 865. The van der Waals surface area contributed by atoms with Gasteiger partial charge in [-0.25, -0.2) is 4.98 Å². The van der Waals surface area contributed by atoms with Crippen molar-refractivity contribution in [3.05, 3.63) is 41.0 Å². The Morgan fingerprint density at radius 2 is 2.03 bits per heavy atom. The van der Waals surface area contributed by atoms with Gasteiger partial charge in [0.05, 0.1) is 28.2 Å². The maximum Gasteiger partial charge on any atom is 0.243 e. The van der Waals surface area contributed by atoms with Crippen molar-refractivity contribution in [2.24, 2.45) is 11.7 Å². The topological polar surface area (TPSA) is 109 Å². The minimum atomic E-state index is -0.712. The molecule has 1 saturated heterocycles. The summed E-state index contributed by atoms with van der Waals surface area (Å²) in [6, 6.07) is 6.59. The van der Waals surface area contributed by atoms with E-state index in [0.717, 1.165) is 21.7 Å². The van der Waals surface area contributed by atoms with Gasteiger partial charge in [0.1, 0.15) is 6.04 Å². The smallest absolute Gasteiger partial charge is 0.243 e. The molecule has 3 atom stereocenters. The van der Waals surface area contributed by atoms with E-state index in [1.165, 1.54) is 4.90 Å². The molecule has 0 saturated carbocycles. The van der Waals surface area contributed by atoms with E-state index in [1.807, 2.05) is 50.5 Å². The zero-order valence-corrected chi connectivity index (χ0v) is 17.8. The maximum absolute atomic E-state index is 12.7. The third kappa shape index (κ3) is 4.83. The Balaban J connectivity index is 1.62. The van der Waals surface area contributed by atoms with Gasteiger partial charge >= 0.3 is 0 Å². The van der Waals surface area contributed by atoms with E-state index >= 15 is 0 Å². The second-order valence-electron chi connectivity index (χ2n) is 7.85. The van der Waals surface area contributed by atoms with Gasteiger partial charge in [-0.2, -0.15) is 0 Å². The number of β-amino-alcohol motifs (C(OH)–C–C–N with tert-alkyl or cyclic N) is 1. The molecule has 7 nitrogen and oxygen atoms in total. The number of carbonyl (C=O) groups is 2. The van der Waals surface area contributed by atoms with Crippen molar-refractivity contribution in [2.45, 2.75) is 51.9 Å². The summed E-state index contributed by atoms with van der Waals surface area (Å²) < 4.78 is 0. The van der Waals surface area contributed by atoms with E-state index in [0.29, 0.717) is 6.54 Å². The molecule has 0 aliphatic carbocycles. The number of carbonyl (C=O) groups excluding carboxylic acids is 2. The molecule has 2 heterocycles. The van der Waals surface area contributed by atoms with Crippen molar-refractivity contribution in [3.63, 3.8) is 0 Å². The van der Waals surface area contributed by atoms with Crippen LogP contribution in [0.25, 0.3) is 10.4 Å². The monoisotopic (exact) mass is 416 g/mol. The standard InChI is InChI=1S/C21H28N4O3S/c1-12(2)18(22)21(28)25-10-16(26)8-17(25)20(27)23-9-14-4-6-15(7-5-14)19-13(3)24-11-29-19/h4-7,11-12,16-18,26H,8-10,22H2,1-3H3,(H,23,27)/t16?,17?,18-/m0/s1. The van der Waals surface area contributed by atoms with Gasteiger partial charge in [0.15, 0.2) is 0 Å². The van der Waals surface area contributed by atoms with Gasteiger partial charge in [0, 0.05) is 19.5 Å². The number of aliphatic hydroxyl groups is 1. The van der Waals surface area contributed by atoms with E-state index < -0.39 is 18.2 Å². The third-order valence-corrected chi connectivity index (χ3v) is 6.27. The van der Waals surface area contributed by atoms with Crippen molar-refractivity contribution in [2.75, 3.05) is 6.54 Å². The minimum absolute atomic E-state index is 0.0374. The Labute approximate surface area is 174 Å². The summed E-state index contributed by atoms with van der Waals surface area (Å²) in [6.45, 7) is 6.20. The summed E-state index contributed by atoms with van der Waals surface area (Å²) >= 11 is 1.60. The number of nitrogens with zero attached hydrogens (tertiary/aromatic N) is 2. The average molecular weight is 417 g/mol. The maximum atomic E-state index is 12.7. The Morgan fingerprint density at radius 1 is 1.34 bits per heavy atom. The minimum Gasteiger partial charge on any atom is -0.391 e. The predicted molar refractivity (Wildman–Crippen MR) is 113 cm³/mol. The molecular formula is C21H28N4O3S. The zero-order valence-electron chi connectivity index (χ0n) is 17.0. The number of benzene rings is 1. The number of thiazole rings is 1. The van der Waals surface area contributed by atoms with Gasteiger partial charge in [-0.3, -0.25) is 9.59 Å². The lowest BCUT2D eigenvalue weighted by molar-refractivity contribution is -0.140. The molecule has 1 aliphatic rings. The molecule has 0 radical (unpaired) electrons. The summed E-state index contributed by atoms with van der Waals surface area (Å²) in [4.78, 5) is 32.1. The van der Waals surface area contributed by atoms with Crippen LogP contribution in [0.15, 0.2) is 29.8 Å². The number of aryl methyl sites for hydroxylation is 1. The normalized spacial score (nSPS) is 20.1. The van der Waals surface area contributed by atoms with Gasteiger partial charge in [0.2, 0.25) is 11.8 Å². The highest BCUT2D eigenvalue weighted by Crippen LogP contribution is 2.27. The Hall–Kier alpha value is -2.29. The summed E-state index contributed by atoms with van der Waals surface area (Å²) in [5, 5.41) is 12.9. The number of aliphatic hydroxyl groups excluding tert-OH is 1. The molecule has 29 heavy (non-hydrogen) atoms.